The highest BCUT2D eigenvalue weighted by molar-refractivity contribution is 7.89. The Balaban J connectivity index is 0.00000176. The molecule has 0 radical (unpaired) electrons. The molecule has 1 unspecified atom stereocenters. The molecule has 0 amide bonds. The molecule has 2 aliphatic rings. The van der Waals surface area contributed by atoms with Crippen molar-refractivity contribution in [2.24, 2.45) is 0 Å². The SMILES string of the molecule is Cc1ccc(S(=O)(=O)N2CCN(C3CCNC3)CC2)cc1.Cl. The maximum absolute atomic E-state index is 12.6. The smallest absolute Gasteiger partial charge is 0.243 e. The van der Waals surface area contributed by atoms with Crippen LogP contribution in [0.5, 0.6) is 0 Å². The Morgan fingerprint density at radius 2 is 1.73 bits per heavy atom. The third-order valence-corrected chi connectivity index (χ3v) is 6.40. The Kier molecular flexibility index (Phi) is 5.85. The number of sulfonamides is 1. The van der Waals surface area contributed by atoms with Crippen molar-refractivity contribution in [3.8, 4) is 0 Å². The summed E-state index contributed by atoms with van der Waals surface area (Å²) in [7, 11) is -3.33. The molecule has 0 aliphatic carbocycles. The van der Waals surface area contributed by atoms with Crippen LogP contribution >= 0.6 is 12.4 Å². The summed E-state index contributed by atoms with van der Waals surface area (Å²) in [6, 6.07) is 7.70. The molecule has 2 heterocycles. The number of hydrogen-bond acceptors (Lipinski definition) is 4. The fraction of sp³-hybridized carbons (Fsp3) is 0.600. The molecule has 0 saturated carbocycles. The lowest BCUT2D eigenvalue weighted by Gasteiger charge is -2.37. The molecule has 1 aromatic rings. The first kappa shape index (κ1) is 17.7. The second kappa shape index (κ2) is 7.27. The minimum atomic E-state index is -3.33. The predicted octanol–water partition coefficient (Wildman–Crippen LogP) is 1.09. The Hall–Kier alpha value is -0.660. The van der Waals surface area contributed by atoms with Gasteiger partial charge in [0.15, 0.2) is 0 Å². The van der Waals surface area contributed by atoms with Gasteiger partial charge in [-0.15, -0.1) is 12.4 Å². The third kappa shape index (κ3) is 3.63. The van der Waals surface area contributed by atoms with Gasteiger partial charge in [-0.3, -0.25) is 4.90 Å². The summed E-state index contributed by atoms with van der Waals surface area (Å²) in [5.41, 5.74) is 1.08. The van der Waals surface area contributed by atoms with Crippen molar-refractivity contribution in [3.05, 3.63) is 29.8 Å². The zero-order valence-electron chi connectivity index (χ0n) is 12.9. The average molecular weight is 346 g/mol. The normalized spacial score (nSPS) is 24.1. The van der Waals surface area contributed by atoms with Crippen molar-refractivity contribution in [2.75, 3.05) is 39.3 Å². The zero-order chi connectivity index (χ0) is 14.9. The highest BCUT2D eigenvalue weighted by Gasteiger charge is 2.31. The van der Waals surface area contributed by atoms with Crippen LogP contribution in [0.4, 0.5) is 0 Å². The number of rotatable bonds is 3. The van der Waals surface area contributed by atoms with Gasteiger partial charge in [-0.25, -0.2) is 8.42 Å². The molecule has 0 bridgehead atoms. The predicted molar refractivity (Wildman–Crippen MR) is 90.0 cm³/mol. The van der Waals surface area contributed by atoms with E-state index in [1.807, 2.05) is 19.1 Å². The molecule has 22 heavy (non-hydrogen) atoms. The van der Waals surface area contributed by atoms with E-state index in [0.717, 1.165) is 31.7 Å². The van der Waals surface area contributed by atoms with Crippen molar-refractivity contribution in [3.63, 3.8) is 0 Å². The molecule has 5 nitrogen and oxygen atoms in total. The van der Waals surface area contributed by atoms with Gasteiger partial charge in [0.1, 0.15) is 0 Å². The fourth-order valence-corrected chi connectivity index (χ4v) is 4.54. The summed E-state index contributed by atoms with van der Waals surface area (Å²) >= 11 is 0. The molecular weight excluding hydrogens is 322 g/mol. The second-order valence-electron chi connectivity index (χ2n) is 5.90. The van der Waals surface area contributed by atoms with E-state index in [2.05, 4.69) is 10.2 Å². The molecule has 0 spiro atoms. The molecule has 1 N–H and O–H groups in total. The van der Waals surface area contributed by atoms with E-state index in [4.69, 9.17) is 0 Å². The third-order valence-electron chi connectivity index (χ3n) is 4.48. The molecule has 2 aliphatic heterocycles. The average Bonchev–Trinajstić information content (AvgIpc) is 3.02. The molecule has 2 saturated heterocycles. The lowest BCUT2D eigenvalue weighted by molar-refractivity contribution is 0.145. The topological polar surface area (TPSA) is 52.7 Å². The Morgan fingerprint density at radius 3 is 2.27 bits per heavy atom. The zero-order valence-corrected chi connectivity index (χ0v) is 14.5. The Morgan fingerprint density at radius 1 is 1.09 bits per heavy atom. The minimum absolute atomic E-state index is 0. The molecular formula is C15H24ClN3O2S. The fourth-order valence-electron chi connectivity index (χ4n) is 3.12. The summed E-state index contributed by atoms with van der Waals surface area (Å²) in [6.45, 7) is 6.91. The summed E-state index contributed by atoms with van der Waals surface area (Å²) < 4.78 is 26.9. The van der Waals surface area contributed by atoms with E-state index in [-0.39, 0.29) is 12.4 Å². The number of halogens is 1. The van der Waals surface area contributed by atoms with Crippen LogP contribution in [0.25, 0.3) is 0 Å². The highest BCUT2D eigenvalue weighted by atomic mass is 35.5. The van der Waals surface area contributed by atoms with Gasteiger partial charge in [0.05, 0.1) is 4.90 Å². The number of aryl methyl sites for hydroxylation is 1. The molecule has 3 rings (SSSR count). The highest BCUT2D eigenvalue weighted by Crippen LogP contribution is 2.20. The van der Waals surface area contributed by atoms with Gasteiger partial charge in [0, 0.05) is 38.8 Å². The first-order valence-electron chi connectivity index (χ1n) is 7.59. The molecule has 1 aromatic carbocycles. The summed E-state index contributed by atoms with van der Waals surface area (Å²) in [5, 5.41) is 3.37. The van der Waals surface area contributed by atoms with Gasteiger partial charge in [-0.2, -0.15) is 4.31 Å². The lowest BCUT2D eigenvalue weighted by atomic mass is 10.2. The summed E-state index contributed by atoms with van der Waals surface area (Å²) in [6.07, 6.45) is 1.17. The van der Waals surface area contributed by atoms with Gasteiger partial charge < -0.3 is 5.32 Å². The van der Waals surface area contributed by atoms with Crippen LogP contribution in [-0.2, 0) is 10.0 Å². The number of benzene rings is 1. The molecule has 1 atom stereocenters. The number of nitrogens with one attached hydrogen (secondary N) is 1. The second-order valence-corrected chi connectivity index (χ2v) is 7.84. The van der Waals surface area contributed by atoms with Gasteiger partial charge in [0.25, 0.3) is 0 Å². The van der Waals surface area contributed by atoms with Crippen LogP contribution in [0.2, 0.25) is 0 Å². The standard InChI is InChI=1S/C15H23N3O2S.ClH/c1-13-2-4-15(5-3-13)21(19,20)18-10-8-17(9-11-18)14-6-7-16-12-14;/h2-5,14,16H,6-12H2,1H3;1H. The molecule has 0 aromatic heterocycles. The first-order chi connectivity index (χ1) is 10.1. The Labute approximate surface area is 139 Å². The van der Waals surface area contributed by atoms with Gasteiger partial charge in [-0.1, -0.05) is 17.7 Å². The van der Waals surface area contributed by atoms with Gasteiger partial charge in [0.2, 0.25) is 10.0 Å². The lowest BCUT2D eigenvalue weighted by Crippen LogP contribution is -2.52. The molecule has 2 fully saturated rings. The van der Waals surface area contributed by atoms with Crippen LogP contribution in [0.3, 0.4) is 0 Å². The maximum Gasteiger partial charge on any atom is 0.243 e. The van der Waals surface area contributed by atoms with Crippen molar-refractivity contribution >= 4 is 22.4 Å². The number of nitrogens with zero attached hydrogens (tertiary/aromatic N) is 2. The monoisotopic (exact) mass is 345 g/mol. The first-order valence-corrected chi connectivity index (χ1v) is 9.03. The van der Waals surface area contributed by atoms with E-state index in [1.54, 1.807) is 16.4 Å². The maximum atomic E-state index is 12.6. The van der Waals surface area contributed by atoms with Gasteiger partial charge in [-0.05, 0) is 32.0 Å². The number of hydrogen-bond donors (Lipinski definition) is 1. The van der Waals surface area contributed by atoms with Gasteiger partial charge >= 0.3 is 0 Å². The van der Waals surface area contributed by atoms with Crippen LogP contribution in [-0.4, -0.2) is 62.9 Å². The van der Waals surface area contributed by atoms with Crippen LogP contribution < -0.4 is 5.32 Å². The quantitative estimate of drug-likeness (QED) is 0.891. The molecule has 124 valence electrons. The minimum Gasteiger partial charge on any atom is -0.315 e. The van der Waals surface area contributed by atoms with Crippen LogP contribution in [0.1, 0.15) is 12.0 Å². The van der Waals surface area contributed by atoms with E-state index < -0.39 is 10.0 Å². The van der Waals surface area contributed by atoms with E-state index >= 15 is 0 Å². The summed E-state index contributed by atoms with van der Waals surface area (Å²) in [5.74, 6) is 0. The number of piperazine rings is 1. The van der Waals surface area contributed by atoms with E-state index in [0.29, 0.717) is 24.0 Å². The van der Waals surface area contributed by atoms with E-state index in [9.17, 15) is 8.42 Å². The van der Waals surface area contributed by atoms with Crippen molar-refractivity contribution in [1.29, 1.82) is 0 Å². The van der Waals surface area contributed by atoms with Crippen molar-refractivity contribution in [1.82, 2.24) is 14.5 Å². The van der Waals surface area contributed by atoms with Crippen molar-refractivity contribution < 1.29 is 8.42 Å². The van der Waals surface area contributed by atoms with Crippen molar-refractivity contribution in [2.45, 2.75) is 24.3 Å². The summed E-state index contributed by atoms with van der Waals surface area (Å²) in [4.78, 5) is 2.82. The van der Waals surface area contributed by atoms with Crippen LogP contribution in [0, 0.1) is 6.92 Å². The Bertz CT molecular complexity index is 577. The van der Waals surface area contributed by atoms with E-state index in [1.165, 1.54) is 6.42 Å². The molecule has 7 heteroatoms. The van der Waals surface area contributed by atoms with Crippen LogP contribution in [0.15, 0.2) is 29.2 Å². The largest absolute Gasteiger partial charge is 0.315 e.